The fourth-order valence-electron chi connectivity index (χ4n) is 1.17. The highest BCUT2D eigenvalue weighted by Gasteiger charge is 1.94. The standard InChI is InChI=1S/C10H13N5S/c1-8-7-16-10(15(8)3)13-12-6-9-11-4-5-14(9)2/h4-7H,1-3H3. The van der Waals surface area contributed by atoms with Crippen LogP contribution < -0.4 is 4.80 Å². The first-order valence-corrected chi connectivity index (χ1v) is 5.72. The van der Waals surface area contributed by atoms with Crippen LogP contribution in [0.25, 0.3) is 0 Å². The number of rotatable bonds is 2. The zero-order chi connectivity index (χ0) is 11.5. The Morgan fingerprint density at radius 3 is 2.81 bits per heavy atom. The number of aromatic nitrogens is 3. The van der Waals surface area contributed by atoms with Crippen molar-refractivity contribution >= 4 is 17.6 Å². The molecule has 16 heavy (non-hydrogen) atoms. The van der Waals surface area contributed by atoms with Crippen molar-refractivity contribution in [3.63, 3.8) is 0 Å². The lowest BCUT2D eigenvalue weighted by Crippen LogP contribution is -2.10. The predicted molar refractivity (Wildman–Crippen MR) is 64.4 cm³/mol. The number of imidazole rings is 1. The fourth-order valence-corrected chi connectivity index (χ4v) is 2.00. The molecule has 0 N–H and O–H groups in total. The number of nitrogens with zero attached hydrogens (tertiary/aromatic N) is 5. The number of aryl methyl sites for hydroxylation is 2. The van der Waals surface area contributed by atoms with Crippen molar-refractivity contribution in [1.29, 1.82) is 0 Å². The van der Waals surface area contributed by atoms with Gasteiger partial charge in [0.2, 0.25) is 4.80 Å². The van der Waals surface area contributed by atoms with Gasteiger partial charge in [0.25, 0.3) is 0 Å². The molecule has 0 radical (unpaired) electrons. The highest BCUT2D eigenvalue weighted by molar-refractivity contribution is 7.07. The third kappa shape index (κ3) is 2.11. The maximum Gasteiger partial charge on any atom is 0.210 e. The molecule has 2 aromatic heterocycles. The van der Waals surface area contributed by atoms with E-state index in [2.05, 4.69) is 20.6 Å². The zero-order valence-electron chi connectivity index (χ0n) is 9.45. The molecule has 0 aliphatic carbocycles. The van der Waals surface area contributed by atoms with Gasteiger partial charge in [-0.15, -0.1) is 16.4 Å². The minimum Gasteiger partial charge on any atom is -0.333 e. The zero-order valence-corrected chi connectivity index (χ0v) is 10.3. The first kappa shape index (κ1) is 10.8. The number of thiazole rings is 1. The molecule has 2 rings (SSSR count). The Labute approximate surface area is 97.4 Å². The van der Waals surface area contributed by atoms with Crippen molar-refractivity contribution in [1.82, 2.24) is 14.1 Å². The second-order valence-electron chi connectivity index (χ2n) is 3.46. The molecule has 5 nitrogen and oxygen atoms in total. The van der Waals surface area contributed by atoms with Crippen LogP contribution in [-0.4, -0.2) is 20.3 Å². The van der Waals surface area contributed by atoms with Crippen LogP contribution in [0.5, 0.6) is 0 Å². The fraction of sp³-hybridized carbons (Fsp3) is 0.300. The van der Waals surface area contributed by atoms with E-state index in [-0.39, 0.29) is 0 Å². The Morgan fingerprint density at radius 2 is 2.25 bits per heavy atom. The molecule has 0 spiro atoms. The topological polar surface area (TPSA) is 47.5 Å². The van der Waals surface area contributed by atoms with Crippen molar-refractivity contribution < 1.29 is 0 Å². The minimum atomic E-state index is 0.791. The van der Waals surface area contributed by atoms with Gasteiger partial charge in [-0.2, -0.15) is 5.10 Å². The van der Waals surface area contributed by atoms with Crippen molar-refractivity contribution in [3.8, 4) is 0 Å². The Bertz CT molecular complexity index is 572. The first-order valence-electron chi connectivity index (χ1n) is 4.84. The van der Waals surface area contributed by atoms with Crippen LogP contribution in [0.15, 0.2) is 28.0 Å². The van der Waals surface area contributed by atoms with Crippen molar-refractivity contribution in [2.75, 3.05) is 0 Å². The summed E-state index contributed by atoms with van der Waals surface area (Å²) in [7, 11) is 3.89. The summed E-state index contributed by atoms with van der Waals surface area (Å²) >= 11 is 1.57. The smallest absolute Gasteiger partial charge is 0.210 e. The van der Waals surface area contributed by atoms with Gasteiger partial charge in [0.05, 0.1) is 6.21 Å². The van der Waals surface area contributed by atoms with Gasteiger partial charge in [-0.1, -0.05) is 0 Å². The molecule has 0 aliphatic heterocycles. The summed E-state index contributed by atoms with van der Waals surface area (Å²) in [5, 5.41) is 10.2. The second-order valence-corrected chi connectivity index (χ2v) is 4.30. The number of hydrogen-bond acceptors (Lipinski definition) is 4. The lowest BCUT2D eigenvalue weighted by atomic mass is 10.6. The van der Waals surface area contributed by atoms with Crippen molar-refractivity contribution in [3.05, 3.63) is 34.1 Å². The molecule has 0 amide bonds. The van der Waals surface area contributed by atoms with Crippen LogP contribution in [0.2, 0.25) is 0 Å². The summed E-state index contributed by atoms with van der Waals surface area (Å²) in [5.74, 6) is 0.791. The van der Waals surface area contributed by atoms with Gasteiger partial charge in [-0.05, 0) is 6.92 Å². The summed E-state index contributed by atoms with van der Waals surface area (Å²) in [6.07, 6.45) is 5.25. The van der Waals surface area contributed by atoms with E-state index in [0.29, 0.717) is 0 Å². The average Bonchev–Trinajstić information content (AvgIpc) is 2.80. The van der Waals surface area contributed by atoms with Crippen LogP contribution in [0.3, 0.4) is 0 Å². The third-order valence-electron chi connectivity index (χ3n) is 2.33. The molecule has 0 unspecified atom stereocenters. The second kappa shape index (κ2) is 4.44. The lowest BCUT2D eigenvalue weighted by molar-refractivity contribution is 0.820. The van der Waals surface area contributed by atoms with E-state index >= 15 is 0 Å². The summed E-state index contributed by atoms with van der Waals surface area (Å²) in [6.45, 7) is 2.04. The molecule has 0 saturated heterocycles. The van der Waals surface area contributed by atoms with E-state index in [0.717, 1.165) is 10.6 Å². The van der Waals surface area contributed by atoms with E-state index in [4.69, 9.17) is 0 Å². The molecule has 0 atom stereocenters. The Balaban J connectivity index is 2.24. The van der Waals surface area contributed by atoms with E-state index in [9.17, 15) is 0 Å². The normalized spacial score (nSPS) is 12.8. The Kier molecular flexibility index (Phi) is 3.00. The first-order chi connectivity index (χ1) is 7.68. The molecule has 0 saturated carbocycles. The van der Waals surface area contributed by atoms with Crippen LogP contribution >= 0.6 is 11.3 Å². The lowest BCUT2D eigenvalue weighted by Gasteiger charge is -1.92. The van der Waals surface area contributed by atoms with E-state index in [1.54, 1.807) is 23.7 Å². The summed E-state index contributed by atoms with van der Waals surface area (Å²) < 4.78 is 3.89. The summed E-state index contributed by atoms with van der Waals surface area (Å²) in [4.78, 5) is 5.00. The summed E-state index contributed by atoms with van der Waals surface area (Å²) in [5.41, 5.74) is 1.18. The van der Waals surface area contributed by atoms with Gasteiger partial charge in [0.1, 0.15) is 0 Å². The van der Waals surface area contributed by atoms with E-state index in [1.165, 1.54) is 5.69 Å². The molecular weight excluding hydrogens is 222 g/mol. The van der Waals surface area contributed by atoms with Gasteiger partial charge >= 0.3 is 0 Å². The highest BCUT2D eigenvalue weighted by Crippen LogP contribution is 1.96. The molecule has 6 heteroatoms. The average molecular weight is 235 g/mol. The quantitative estimate of drug-likeness (QED) is 0.567. The minimum absolute atomic E-state index is 0.791. The summed E-state index contributed by atoms with van der Waals surface area (Å²) in [6, 6.07) is 0. The Morgan fingerprint density at radius 1 is 1.44 bits per heavy atom. The third-order valence-corrected chi connectivity index (χ3v) is 3.35. The SMILES string of the molecule is Cc1csc(=NN=Cc2nccn2C)n1C. The molecule has 0 bridgehead atoms. The van der Waals surface area contributed by atoms with Crippen molar-refractivity contribution in [2.45, 2.75) is 6.92 Å². The van der Waals surface area contributed by atoms with Crippen LogP contribution in [0.1, 0.15) is 11.5 Å². The molecule has 0 fully saturated rings. The predicted octanol–water partition coefficient (Wildman–Crippen LogP) is 1.06. The van der Waals surface area contributed by atoms with Crippen LogP contribution in [-0.2, 0) is 14.1 Å². The monoisotopic (exact) mass is 235 g/mol. The molecule has 2 heterocycles. The molecular formula is C10H13N5S. The maximum atomic E-state index is 4.14. The highest BCUT2D eigenvalue weighted by atomic mass is 32.1. The van der Waals surface area contributed by atoms with Gasteiger partial charge in [0, 0.05) is 37.6 Å². The van der Waals surface area contributed by atoms with Crippen molar-refractivity contribution in [2.24, 2.45) is 24.3 Å². The van der Waals surface area contributed by atoms with Gasteiger partial charge in [-0.25, -0.2) is 4.98 Å². The van der Waals surface area contributed by atoms with Crippen LogP contribution in [0, 0.1) is 6.92 Å². The largest absolute Gasteiger partial charge is 0.333 e. The molecule has 2 aromatic rings. The Hall–Kier alpha value is -1.69. The molecule has 0 aromatic carbocycles. The number of hydrogen-bond donors (Lipinski definition) is 0. The van der Waals surface area contributed by atoms with Gasteiger partial charge < -0.3 is 9.13 Å². The van der Waals surface area contributed by atoms with E-state index < -0.39 is 0 Å². The molecule has 0 aliphatic rings. The molecule has 84 valence electrons. The van der Waals surface area contributed by atoms with Crippen LogP contribution in [0.4, 0.5) is 0 Å². The van der Waals surface area contributed by atoms with Gasteiger partial charge in [-0.3, -0.25) is 0 Å². The van der Waals surface area contributed by atoms with Gasteiger partial charge in [0.15, 0.2) is 5.82 Å². The maximum absolute atomic E-state index is 4.14. The van der Waals surface area contributed by atoms with E-state index in [1.807, 2.05) is 36.4 Å².